The molecule has 1 aliphatic rings. The molecule has 1 unspecified atom stereocenters. The molecular formula is C15H23ClN2O. The van der Waals surface area contributed by atoms with E-state index in [2.05, 4.69) is 41.4 Å². The predicted octanol–water partition coefficient (Wildman–Crippen LogP) is 2.24. The number of halogens is 1. The molecule has 1 heterocycles. The molecule has 1 fully saturated rings. The van der Waals surface area contributed by atoms with Crippen LogP contribution in [0.2, 0.25) is 0 Å². The topological polar surface area (TPSA) is 24.5 Å². The Labute approximate surface area is 120 Å². The van der Waals surface area contributed by atoms with Crippen LogP contribution in [0.3, 0.4) is 0 Å². The minimum absolute atomic E-state index is 0.316. The third-order valence-corrected chi connectivity index (χ3v) is 3.86. The van der Waals surface area contributed by atoms with Crippen molar-refractivity contribution in [2.75, 3.05) is 32.8 Å². The highest BCUT2D eigenvalue weighted by molar-refractivity contribution is 6.17. The maximum atomic E-state index is 5.78. The van der Waals surface area contributed by atoms with E-state index in [9.17, 15) is 0 Å². The van der Waals surface area contributed by atoms with E-state index in [4.69, 9.17) is 16.3 Å². The average molecular weight is 283 g/mol. The number of alkyl halides is 1. The Morgan fingerprint density at radius 1 is 1.32 bits per heavy atom. The molecule has 0 spiro atoms. The van der Waals surface area contributed by atoms with Crippen LogP contribution in [0.15, 0.2) is 24.3 Å². The fourth-order valence-electron chi connectivity index (χ4n) is 2.31. The van der Waals surface area contributed by atoms with Gasteiger partial charge in [0.1, 0.15) is 0 Å². The molecule has 0 amide bonds. The molecule has 19 heavy (non-hydrogen) atoms. The van der Waals surface area contributed by atoms with E-state index in [0.29, 0.717) is 12.0 Å². The highest BCUT2D eigenvalue weighted by atomic mass is 35.5. The number of nitrogens with zero attached hydrogens (tertiary/aromatic N) is 1. The van der Waals surface area contributed by atoms with Crippen LogP contribution in [-0.4, -0.2) is 43.8 Å². The van der Waals surface area contributed by atoms with Crippen molar-refractivity contribution in [1.29, 1.82) is 0 Å². The highest BCUT2D eigenvalue weighted by Gasteiger charge is 2.18. The van der Waals surface area contributed by atoms with E-state index >= 15 is 0 Å². The van der Waals surface area contributed by atoms with Crippen molar-refractivity contribution in [2.45, 2.75) is 25.5 Å². The van der Waals surface area contributed by atoms with Gasteiger partial charge in [0, 0.05) is 32.1 Å². The monoisotopic (exact) mass is 282 g/mol. The minimum Gasteiger partial charge on any atom is -0.374 e. The molecule has 1 aliphatic heterocycles. The fraction of sp³-hybridized carbons (Fsp3) is 0.600. The second kappa shape index (κ2) is 7.85. The zero-order valence-corrected chi connectivity index (χ0v) is 12.3. The van der Waals surface area contributed by atoms with Gasteiger partial charge in [-0.25, -0.2) is 0 Å². The van der Waals surface area contributed by atoms with E-state index in [1.165, 1.54) is 11.1 Å². The van der Waals surface area contributed by atoms with Crippen molar-refractivity contribution < 1.29 is 4.74 Å². The summed E-state index contributed by atoms with van der Waals surface area (Å²) in [6.07, 6.45) is 0.316. The molecule has 1 aromatic rings. The van der Waals surface area contributed by atoms with E-state index in [1.54, 1.807) is 0 Å². The number of hydrogen-bond acceptors (Lipinski definition) is 3. The van der Waals surface area contributed by atoms with Crippen molar-refractivity contribution in [1.82, 2.24) is 10.2 Å². The Morgan fingerprint density at radius 3 is 2.74 bits per heavy atom. The standard InChI is InChI=1S/C15H23ClN2O/c1-2-18-7-8-19-15(12-18)11-17-10-14-5-3-13(9-16)4-6-14/h3-6,15,17H,2,7-12H2,1H3. The second-order valence-corrected chi connectivity index (χ2v) is 5.23. The van der Waals surface area contributed by atoms with Crippen LogP contribution < -0.4 is 5.32 Å². The maximum absolute atomic E-state index is 5.78. The summed E-state index contributed by atoms with van der Waals surface area (Å²) < 4.78 is 5.76. The van der Waals surface area contributed by atoms with Gasteiger partial charge in [-0.1, -0.05) is 31.2 Å². The lowest BCUT2D eigenvalue weighted by Gasteiger charge is -2.32. The molecule has 4 heteroatoms. The van der Waals surface area contributed by atoms with Gasteiger partial charge < -0.3 is 10.1 Å². The van der Waals surface area contributed by atoms with Crippen LogP contribution in [0.1, 0.15) is 18.1 Å². The number of morpholine rings is 1. The first-order chi connectivity index (χ1) is 9.31. The van der Waals surface area contributed by atoms with Crippen molar-refractivity contribution in [2.24, 2.45) is 0 Å². The van der Waals surface area contributed by atoms with Gasteiger partial charge in [-0.2, -0.15) is 0 Å². The van der Waals surface area contributed by atoms with Crippen molar-refractivity contribution in [3.63, 3.8) is 0 Å². The first kappa shape index (κ1) is 14.8. The molecule has 0 aliphatic carbocycles. The van der Waals surface area contributed by atoms with Gasteiger partial charge in [-0.05, 0) is 17.7 Å². The number of hydrogen-bond donors (Lipinski definition) is 1. The lowest BCUT2D eigenvalue weighted by atomic mass is 10.1. The summed E-state index contributed by atoms with van der Waals surface area (Å²) in [5.41, 5.74) is 2.46. The molecule has 0 saturated carbocycles. The molecule has 1 N–H and O–H groups in total. The van der Waals surface area contributed by atoms with Crippen LogP contribution in [0.4, 0.5) is 0 Å². The van der Waals surface area contributed by atoms with Gasteiger partial charge in [0.05, 0.1) is 12.7 Å². The maximum Gasteiger partial charge on any atom is 0.0826 e. The van der Waals surface area contributed by atoms with Gasteiger partial charge in [0.25, 0.3) is 0 Å². The Kier molecular flexibility index (Phi) is 6.11. The highest BCUT2D eigenvalue weighted by Crippen LogP contribution is 2.07. The van der Waals surface area contributed by atoms with Gasteiger partial charge >= 0.3 is 0 Å². The summed E-state index contributed by atoms with van der Waals surface area (Å²) in [6, 6.07) is 8.43. The summed E-state index contributed by atoms with van der Waals surface area (Å²) in [6.45, 7) is 8.06. The Bertz CT molecular complexity index is 369. The summed E-state index contributed by atoms with van der Waals surface area (Å²) in [5.74, 6) is 0.580. The Morgan fingerprint density at radius 2 is 2.05 bits per heavy atom. The van der Waals surface area contributed by atoms with Crippen LogP contribution in [0.5, 0.6) is 0 Å². The van der Waals surface area contributed by atoms with E-state index < -0.39 is 0 Å². The molecule has 1 saturated heterocycles. The largest absolute Gasteiger partial charge is 0.374 e. The number of ether oxygens (including phenoxy) is 1. The molecule has 2 rings (SSSR count). The quantitative estimate of drug-likeness (QED) is 0.810. The molecular weight excluding hydrogens is 260 g/mol. The normalized spacial score (nSPS) is 20.6. The summed E-state index contributed by atoms with van der Waals surface area (Å²) in [7, 11) is 0. The zero-order valence-electron chi connectivity index (χ0n) is 11.6. The second-order valence-electron chi connectivity index (χ2n) is 4.97. The Hall–Kier alpha value is -0.610. The third kappa shape index (κ3) is 4.77. The van der Waals surface area contributed by atoms with E-state index in [-0.39, 0.29) is 0 Å². The summed E-state index contributed by atoms with van der Waals surface area (Å²) >= 11 is 5.78. The summed E-state index contributed by atoms with van der Waals surface area (Å²) in [5, 5.41) is 3.47. The number of nitrogens with one attached hydrogen (secondary N) is 1. The van der Waals surface area contributed by atoms with Crippen LogP contribution in [0, 0.1) is 0 Å². The van der Waals surface area contributed by atoms with Gasteiger partial charge in [0.2, 0.25) is 0 Å². The number of rotatable bonds is 6. The molecule has 3 nitrogen and oxygen atoms in total. The van der Waals surface area contributed by atoms with Crippen LogP contribution in [0.25, 0.3) is 0 Å². The van der Waals surface area contributed by atoms with Crippen LogP contribution in [-0.2, 0) is 17.2 Å². The zero-order chi connectivity index (χ0) is 13.5. The average Bonchev–Trinajstić information content (AvgIpc) is 2.48. The molecule has 0 radical (unpaired) electrons. The van der Waals surface area contributed by atoms with E-state index in [1.807, 2.05) is 0 Å². The Balaban J connectivity index is 1.70. The fourth-order valence-corrected chi connectivity index (χ4v) is 2.49. The SMILES string of the molecule is CCN1CCOC(CNCc2ccc(CCl)cc2)C1. The number of benzene rings is 1. The molecule has 106 valence electrons. The molecule has 1 aromatic carbocycles. The molecule has 0 bridgehead atoms. The van der Waals surface area contributed by atoms with Gasteiger partial charge in [0.15, 0.2) is 0 Å². The van der Waals surface area contributed by atoms with Crippen molar-refractivity contribution >= 4 is 11.6 Å². The predicted molar refractivity (Wildman–Crippen MR) is 79.6 cm³/mol. The lowest BCUT2D eigenvalue weighted by molar-refractivity contribution is -0.0253. The lowest BCUT2D eigenvalue weighted by Crippen LogP contribution is -2.46. The first-order valence-corrected chi connectivity index (χ1v) is 7.53. The van der Waals surface area contributed by atoms with Crippen LogP contribution >= 0.6 is 11.6 Å². The minimum atomic E-state index is 0.316. The first-order valence-electron chi connectivity index (χ1n) is 7.00. The van der Waals surface area contributed by atoms with Crippen molar-refractivity contribution in [3.8, 4) is 0 Å². The third-order valence-electron chi connectivity index (χ3n) is 3.55. The molecule has 0 aromatic heterocycles. The van der Waals surface area contributed by atoms with Gasteiger partial charge in [-0.3, -0.25) is 4.90 Å². The smallest absolute Gasteiger partial charge is 0.0826 e. The summed E-state index contributed by atoms with van der Waals surface area (Å²) in [4.78, 5) is 2.44. The number of likely N-dealkylation sites (N-methyl/N-ethyl adjacent to an activating group) is 1. The van der Waals surface area contributed by atoms with E-state index in [0.717, 1.165) is 39.3 Å². The van der Waals surface area contributed by atoms with Crippen molar-refractivity contribution in [3.05, 3.63) is 35.4 Å². The van der Waals surface area contributed by atoms with Gasteiger partial charge in [-0.15, -0.1) is 11.6 Å². The molecule has 1 atom stereocenters.